The van der Waals surface area contributed by atoms with Gasteiger partial charge in [-0.2, -0.15) is 8.42 Å². The van der Waals surface area contributed by atoms with Crippen molar-refractivity contribution >= 4 is 10.1 Å². The summed E-state index contributed by atoms with van der Waals surface area (Å²) in [5, 5.41) is 0. The number of rotatable bonds is 6. The van der Waals surface area contributed by atoms with Gasteiger partial charge in [-0.25, -0.2) is 0 Å². The molecule has 3 aromatic rings. The van der Waals surface area contributed by atoms with Crippen LogP contribution in [0.15, 0.2) is 83.8 Å². The number of para-hydroxylation sites is 1. The third-order valence-corrected chi connectivity index (χ3v) is 4.85. The molecule has 3 aromatic carbocycles. The summed E-state index contributed by atoms with van der Waals surface area (Å²) in [7, 11) is -3.79. The third-order valence-electron chi connectivity index (χ3n) is 3.57. The van der Waals surface area contributed by atoms with Crippen molar-refractivity contribution in [2.45, 2.75) is 18.4 Å². The third kappa shape index (κ3) is 4.68. The molecule has 0 spiro atoms. The van der Waals surface area contributed by atoms with Gasteiger partial charge in [0.05, 0.1) is 11.5 Å². The standard InChI is InChI=1S/C20H18O4S/c1-16-10-12-20(13-11-16)25(21,22)23-15-17-6-5-9-19(14-17)24-18-7-3-2-4-8-18/h2-14H,15H2,1H3. The van der Waals surface area contributed by atoms with E-state index >= 15 is 0 Å². The molecule has 0 amide bonds. The van der Waals surface area contributed by atoms with Crippen LogP contribution in [-0.4, -0.2) is 8.42 Å². The van der Waals surface area contributed by atoms with Crippen LogP contribution >= 0.6 is 0 Å². The zero-order valence-electron chi connectivity index (χ0n) is 13.8. The summed E-state index contributed by atoms with van der Waals surface area (Å²) in [6, 6.07) is 23.1. The maximum Gasteiger partial charge on any atom is 0.297 e. The van der Waals surface area contributed by atoms with Gasteiger partial charge >= 0.3 is 0 Å². The van der Waals surface area contributed by atoms with Crippen molar-refractivity contribution in [1.82, 2.24) is 0 Å². The van der Waals surface area contributed by atoms with Crippen molar-refractivity contribution in [2.75, 3.05) is 0 Å². The zero-order chi connectivity index (χ0) is 17.7. The Kier molecular flexibility index (Phi) is 5.16. The lowest BCUT2D eigenvalue weighted by atomic mass is 10.2. The summed E-state index contributed by atoms with van der Waals surface area (Å²) in [5.74, 6) is 1.34. The Morgan fingerprint density at radius 1 is 0.800 bits per heavy atom. The smallest absolute Gasteiger partial charge is 0.297 e. The molecule has 0 radical (unpaired) electrons. The van der Waals surface area contributed by atoms with Gasteiger partial charge in [0.2, 0.25) is 0 Å². The van der Waals surface area contributed by atoms with Crippen LogP contribution in [-0.2, 0) is 20.9 Å². The summed E-state index contributed by atoms with van der Waals surface area (Å²) >= 11 is 0. The highest BCUT2D eigenvalue weighted by Gasteiger charge is 2.15. The molecule has 0 saturated carbocycles. The molecule has 128 valence electrons. The Morgan fingerprint density at radius 3 is 2.20 bits per heavy atom. The predicted molar refractivity (Wildman–Crippen MR) is 96.1 cm³/mol. The molecule has 0 N–H and O–H groups in total. The van der Waals surface area contributed by atoms with Crippen molar-refractivity contribution in [3.05, 3.63) is 90.0 Å². The van der Waals surface area contributed by atoms with E-state index in [9.17, 15) is 8.42 Å². The fourth-order valence-electron chi connectivity index (χ4n) is 2.24. The first-order valence-corrected chi connectivity index (χ1v) is 9.22. The largest absolute Gasteiger partial charge is 0.457 e. The van der Waals surface area contributed by atoms with E-state index in [0.29, 0.717) is 17.1 Å². The molecular formula is C20H18O4S. The number of hydrogen-bond acceptors (Lipinski definition) is 4. The van der Waals surface area contributed by atoms with Crippen LogP contribution in [0, 0.1) is 6.92 Å². The van der Waals surface area contributed by atoms with E-state index in [0.717, 1.165) is 5.56 Å². The maximum atomic E-state index is 12.2. The molecule has 0 bridgehead atoms. The molecule has 0 aliphatic heterocycles. The van der Waals surface area contributed by atoms with E-state index < -0.39 is 10.1 Å². The van der Waals surface area contributed by atoms with Gasteiger partial charge < -0.3 is 4.74 Å². The van der Waals surface area contributed by atoms with Gasteiger partial charge in [0.1, 0.15) is 11.5 Å². The van der Waals surface area contributed by atoms with E-state index in [4.69, 9.17) is 8.92 Å². The lowest BCUT2D eigenvalue weighted by Gasteiger charge is -2.09. The van der Waals surface area contributed by atoms with Crippen LogP contribution in [0.4, 0.5) is 0 Å². The Balaban J connectivity index is 1.69. The summed E-state index contributed by atoms with van der Waals surface area (Å²) in [5.41, 5.74) is 1.70. The first-order valence-electron chi connectivity index (χ1n) is 7.81. The number of hydrogen-bond donors (Lipinski definition) is 0. The molecular weight excluding hydrogens is 336 g/mol. The quantitative estimate of drug-likeness (QED) is 0.603. The zero-order valence-corrected chi connectivity index (χ0v) is 14.6. The molecule has 0 heterocycles. The lowest BCUT2D eigenvalue weighted by Crippen LogP contribution is -2.06. The average molecular weight is 354 g/mol. The van der Waals surface area contributed by atoms with Gasteiger partial charge in [-0.1, -0.05) is 48.0 Å². The minimum absolute atomic E-state index is 0.0534. The molecule has 0 aromatic heterocycles. The second-order valence-electron chi connectivity index (χ2n) is 5.59. The van der Waals surface area contributed by atoms with E-state index in [1.165, 1.54) is 0 Å². The molecule has 0 atom stereocenters. The van der Waals surface area contributed by atoms with Crippen molar-refractivity contribution in [1.29, 1.82) is 0 Å². The fourth-order valence-corrected chi connectivity index (χ4v) is 3.14. The first kappa shape index (κ1) is 17.2. The van der Waals surface area contributed by atoms with E-state index in [1.807, 2.05) is 43.3 Å². The average Bonchev–Trinajstić information content (AvgIpc) is 2.62. The Bertz CT molecular complexity index is 933. The monoisotopic (exact) mass is 354 g/mol. The Labute approximate surface area is 147 Å². The molecule has 0 aliphatic rings. The molecule has 4 nitrogen and oxygen atoms in total. The van der Waals surface area contributed by atoms with Gasteiger partial charge in [-0.15, -0.1) is 0 Å². The highest BCUT2D eigenvalue weighted by atomic mass is 32.2. The van der Waals surface area contributed by atoms with E-state index in [1.54, 1.807) is 42.5 Å². The summed E-state index contributed by atoms with van der Waals surface area (Å²) < 4.78 is 35.4. The number of benzene rings is 3. The van der Waals surface area contributed by atoms with Gasteiger partial charge in [-0.05, 0) is 48.9 Å². The van der Waals surface area contributed by atoms with Gasteiger partial charge in [0.25, 0.3) is 10.1 Å². The first-order chi connectivity index (χ1) is 12.0. The van der Waals surface area contributed by atoms with Crippen molar-refractivity contribution in [3.63, 3.8) is 0 Å². The van der Waals surface area contributed by atoms with Crippen LogP contribution in [0.5, 0.6) is 11.5 Å². The Morgan fingerprint density at radius 2 is 1.48 bits per heavy atom. The normalized spacial score (nSPS) is 11.2. The second-order valence-corrected chi connectivity index (χ2v) is 7.21. The topological polar surface area (TPSA) is 52.6 Å². The fraction of sp³-hybridized carbons (Fsp3) is 0.100. The van der Waals surface area contributed by atoms with Gasteiger partial charge in [0, 0.05) is 0 Å². The molecule has 5 heteroatoms. The number of aryl methyl sites for hydroxylation is 1. The second kappa shape index (κ2) is 7.51. The lowest BCUT2D eigenvalue weighted by molar-refractivity contribution is 0.307. The molecule has 0 fully saturated rings. The highest BCUT2D eigenvalue weighted by Crippen LogP contribution is 2.23. The SMILES string of the molecule is Cc1ccc(S(=O)(=O)OCc2cccc(Oc3ccccc3)c2)cc1. The summed E-state index contributed by atoms with van der Waals surface area (Å²) in [6.07, 6.45) is 0. The van der Waals surface area contributed by atoms with Crippen LogP contribution in [0.25, 0.3) is 0 Å². The van der Waals surface area contributed by atoms with Crippen molar-refractivity contribution < 1.29 is 17.3 Å². The summed E-state index contributed by atoms with van der Waals surface area (Å²) in [4.78, 5) is 0.148. The molecule has 0 saturated heterocycles. The van der Waals surface area contributed by atoms with Crippen molar-refractivity contribution in [2.24, 2.45) is 0 Å². The van der Waals surface area contributed by atoms with Gasteiger partial charge in [0.15, 0.2) is 0 Å². The van der Waals surface area contributed by atoms with E-state index in [2.05, 4.69) is 0 Å². The predicted octanol–water partition coefficient (Wildman–Crippen LogP) is 4.69. The van der Waals surface area contributed by atoms with Crippen molar-refractivity contribution in [3.8, 4) is 11.5 Å². The van der Waals surface area contributed by atoms with Gasteiger partial charge in [-0.3, -0.25) is 4.18 Å². The van der Waals surface area contributed by atoms with E-state index in [-0.39, 0.29) is 11.5 Å². The molecule has 3 rings (SSSR count). The molecule has 25 heavy (non-hydrogen) atoms. The minimum Gasteiger partial charge on any atom is -0.457 e. The summed E-state index contributed by atoms with van der Waals surface area (Å²) in [6.45, 7) is 1.84. The van der Waals surface area contributed by atoms with Crippen LogP contribution in [0.1, 0.15) is 11.1 Å². The van der Waals surface area contributed by atoms with Crippen LogP contribution in [0.3, 0.4) is 0 Å². The Hall–Kier alpha value is -2.63. The minimum atomic E-state index is -3.79. The van der Waals surface area contributed by atoms with Crippen LogP contribution in [0.2, 0.25) is 0 Å². The maximum absolute atomic E-state index is 12.2. The number of ether oxygens (including phenoxy) is 1. The highest BCUT2D eigenvalue weighted by molar-refractivity contribution is 7.86. The molecule has 0 unspecified atom stereocenters. The molecule has 0 aliphatic carbocycles. The van der Waals surface area contributed by atoms with Crippen LogP contribution < -0.4 is 4.74 Å².